The third-order valence-corrected chi connectivity index (χ3v) is 9.68. The number of hydrogen-bond donors (Lipinski definition) is 0. The Morgan fingerprint density at radius 1 is 0.308 bits per heavy atom. The molecule has 0 unspecified atom stereocenters. The van der Waals surface area contributed by atoms with E-state index in [1.54, 1.807) is 30.9 Å². The maximum absolute atomic E-state index is 5.40. The van der Waals surface area contributed by atoms with Crippen molar-refractivity contribution in [1.82, 2.24) is 29.9 Å². The smallest absolute Gasteiger partial charge is 0.162 e. The molecule has 242 valence electrons. The summed E-state index contributed by atoms with van der Waals surface area (Å²) < 4.78 is 0. The molecule has 10 aromatic rings. The second kappa shape index (κ2) is 12.3. The molecule has 0 atom stereocenters. The van der Waals surface area contributed by atoms with Crippen molar-refractivity contribution < 1.29 is 0 Å². The normalized spacial score (nSPS) is 11.5. The first kappa shape index (κ1) is 29.7. The van der Waals surface area contributed by atoms with Crippen LogP contribution < -0.4 is 0 Å². The van der Waals surface area contributed by atoms with Gasteiger partial charge in [0.05, 0.1) is 28.0 Å². The molecule has 4 heterocycles. The van der Waals surface area contributed by atoms with Gasteiger partial charge < -0.3 is 0 Å². The molecule has 0 spiro atoms. The van der Waals surface area contributed by atoms with E-state index in [9.17, 15) is 0 Å². The summed E-state index contributed by atoms with van der Waals surface area (Å²) in [5, 5.41) is 6.75. The highest BCUT2D eigenvalue weighted by molar-refractivity contribution is 6.21. The fourth-order valence-electron chi connectivity index (χ4n) is 7.22. The Hall–Kier alpha value is -7.18. The second-order valence-electron chi connectivity index (χ2n) is 12.8. The summed E-state index contributed by atoms with van der Waals surface area (Å²) in [6.45, 7) is 0. The van der Waals surface area contributed by atoms with Crippen LogP contribution in [0.2, 0.25) is 0 Å². The first-order valence-electron chi connectivity index (χ1n) is 17.2. The van der Waals surface area contributed by atoms with Gasteiger partial charge in [0.15, 0.2) is 11.6 Å². The summed E-state index contributed by atoms with van der Waals surface area (Å²) in [6, 6.07) is 50.7. The fraction of sp³-hybridized carbons (Fsp3) is 0. The molecule has 0 bridgehead atoms. The SMILES string of the molecule is c1ccc(-c2ccc3ccc4ccc(-c5c6ccccc6c(-c6ccc(-c7ncc(-c8ncccn8)cn7)cc6)c6ccccc56)nc4c3n2)cc1. The molecule has 0 aliphatic rings. The molecule has 0 radical (unpaired) electrons. The summed E-state index contributed by atoms with van der Waals surface area (Å²) in [5.41, 5.74) is 9.86. The lowest BCUT2D eigenvalue weighted by atomic mass is 9.87. The van der Waals surface area contributed by atoms with Crippen molar-refractivity contribution in [3.05, 3.63) is 170 Å². The molecule has 6 heteroatoms. The third kappa shape index (κ3) is 5.05. The number of hydrogen-bond acceptors (Lipinski definition) is 6. The summed E-state index contributed by atoms with van der Waals surface area (Å²) in [7, 11) is 0. The maximum atomic E-state index is 5.40. The average Bonchev–Trinajstić information content (AvgIpc) is 3.23. The minimum Gasteiger partial charge on any atom is -0.245 e. The zero-order valence-electron chi connectivity index (χ0n) is 27.8. The molecule has 0 aliphatic heterocycles. The third-order valence-electron chi connectivity index (χ3n) is 9.68. The van der Waals surface area contributed by atoms with E-state index < -0.39 is 0 Å². The zero-order valence-corrected chi connectivity index (χ0v) is 27.8. The largest absolute Gasteiger partial charge is 0.245 e. The van der Waals surface area contributed by atoms with Crippen LogP contribution in [0.3, 0.4) is 0 Å². The number of pyridine rings is 2. The van der Waals surface area contributed by atoms with Gasteiger partial charge in [0.25, 0.3) is 0 Å². The van der Waals surface area contributed by atoms with Gasteiger partial charge >= 0.3 is 0 Å². The van der Waals surface area contributed by atoms with Crippen LogP contribution in [0, 0.1) is 0 Å². The van der Waals surface area contributed by atoms with Gasteiger partial charge in [-0.15, -0.1) is 0 Å². The van der Waals surface area contributed by atoms with Crippen LogP contribution >= 0.6 is 0 Å². The lowest BCUT2D eigenvalue weighted by molar-refractivity contribution is 1.13. The van der Waals surface area contributed by atoms with Gasteiger partial charge in [0.1, 0.15) is 0 Å². The second-order valence-corrected chi connectivity index (χ2v) is 12.8. The van der Waals surface area contributed by atoms with E-state index in [0.717, 1.165) is 82.6 Å². The van der Waals surface area contributed by atoms with Crippen LogP contribution in [-0.2, 0) is 0 Å². The Balaban J connectivity index is 1.11. The summed E-state index contributed by atoms with van der Waals surface area (Å²) in [4.78, 5) is 28.4. The van der Waals surface area contributed by atoms with Gasteiger partial charge in [0, 0.05) is 52.3 Å². The minimum atomic E-state index is 0.604. The zero-order chi connectivity index (χ0) is 34.4. The molecule has 6 nitrogen and oxygen atoms in total. The number of benzene rings is 6. The van der Waals surface area contributed by atoms with Crippen molar-refractivity contribution in [3.8, 4) is 56.4 Å². The minimum absolute atomic E-state index is 0.604. The molecule has 0 fully saturated rings. The molecule has 0 N–H and O–H groups in total. The Bertz CT molecular complexity index is 2870. The van der Waals surface area contributed by atoms with Crippen molar-refractivity contribution >= 4 is 43.4 Å². The molecule has 0 amide bonds. The number of aromatic nitrogens is 6. The van der Waals surface area contributed by atoms with Gasteiger partial charge in [-0.1, -0.05) is 127 Å². The van der Waals surface area contributed by atoms with E-state index in [0.29, 0.717) is 11.6 Å². The lowest BCUT2D eigenvalue weighted by Gasteiger charge is -2.18. The predicted molar refractivity (Wildman–Crippen MR) is 210 cm³/mol. The monoisotopic (exact) mass is 664 g/mol. The predicted octanol–water partition coefficient (Wildman–Crippen LogP) is 11.0. The van der Waals surface area contributed by atoms with Gasteiger partial charge in [-0.3, -0.25) is 0 Å². The van der Waals surface area contributed by atoms with Crippen LogP contribution in [-0.4, -0.2) is 29.9 Å². The molecule has 0 aliphatic carbocycles. The first-order chi connectivity index (χ1) is 25.8. The van der Waals surface area contributed by atoms with Crippen LogP contribution in [0.5, 0.6) is 0 Å². The molecule has 4 aromatic heterocycles. The standard InChI is InChI=1S/C46H28N6/c1-2-9-29(10-3-1)39-23-21-31-17-18-32-22-24-40(52-44(32)43(31)51-39)42-37-13-6-4-11-35(37)41(36-12-5-7-14-38(36)42)30-15-19-33(20-16-30)45-49-27-34(28-50-45)46-47-25-8-26-48-46/h1-28H. The van der Waals surface area contributed by atoms with Gasteiger partial charge in [-0.05, 0) is 50.9 Å². The Morgan fingerprint density at radius 2 is 0.788 bits per heavy atom. The highest BCUT2D eigenvalue weighted by Crippen LogP contribution is 2.44. The van der Waals surface area contributed by atoms with Crippen LogP contribution in [0.15, 0.2) is 170 Å². The van der Waals surface area contributed by atoms with E-state index in [1.807, 2.05) is 18.2 Å². The van der Waals surface area contributed by atoms with Crippen molar-refractivity contribution in [2.45, 2.75) is 0 Å². The van der Waals surface area contributed by atoms with Gasteiger partial charge in [-0.2, -0.15) is 0 Å². The van der Waals surface area contributed by atoms with Gasteiger partial charge in [-0.25, -0.2) is 29.9 Å². The molecular weight excluding hydrogens is 637 g/mol. The summed E-state index contributed by atoms with van der Waals surface area (Å²) >= 11 is 0. The van der Waals surface area contributed by atoms with E-state index in [1.165, 1.54) is 5.56 Å². The Kier molecular flexibility index (Phi) is 7.03. The van der Waals surface area contributed by atoms with Crippen molar-refractivity contribution in [2.24, 2.45) is 0 Å². The van der Waals surface area contributed by atoms with Crippen molar-refractivity contribution in [2.75, 3.05) is 0 Å². The highest BCUT2D eigenvalue weighted by atomic mass is 14.9. The lowest BCUT2D eigenvalue weighted by Crippen LogP contribution is -1.94. The number of rotatable bonds is 5. The van der Waals surface area contributed by atoms with E-state index in [4.69, 9.17) is 9.97 Å². The maximum Gasteiger partial charge on any atom is 0.162 e. The highest BCUT2D eigenvalue weighted by Gasteiger charge is 2.18. The van der Waals surface area contributed by atoms with Gasteiger partial charge in [0.2, 0.25) is 0 Å². The van der Waals surface area contributed by atoms with E-state index in [-0.39, 0.29) is 0 Å². The molecule has 6 aromatic carbocycles. The molecule has 0 saturated heterocycles. The van der Waals surface area contributed by atoms with E-state index in [2.05, 4.69) is 141 Å². The summed E-state index contributed by atoms with van der Waals surface area (Å²) in [6.07, 6.45) is 6.97. The molecule has 10 rings (SSSR count). The Morgan fingerprint density at radius 3 is 1.40 bits per heavy atom. The van der Waals surface area contributed by atoms with E-state index >= 15 is 0 Å². The topological polar surface area (TPSA) is 77.3 Å². The van der Waals surface area contributed by atoms with Crippen LogP contribution in [0.25, 0.3) is 99.8 Å². The van der Waals surface area contributed by atoms with Crippen molar-refractivity contribution in [1.29, 1.82) is 0 Å². The molecule has 52 heavy (non-hydrogen) atoms. The molecule has 0 saturated carbocycles. The first-order valence-corrected chi connectivity index (χ1v) is 17.2. The number of fused-ring (bicyclic) bond motifs is 5. The van der Waals surface area contributed by atoms with Crippen molar-refractivity contribution in [3.63, 3.8) is 0 Å². The average molecular weight is 665 g/mol. The molecular formula is C46H28N6. The quantitative estimate of drug-likeness (QED) is 0.135. The number of nitrogens with zero attached hydrogens (tertiary/aromatic N) is 6. The van der Waals surface area contributed by atoms with Crippen LogP contribution in [0.4, 0.5) is 0 Å². The Labute approximate surface area is 299 Å². The summed E-state index contributed by atoms with van der Waals surface area (Å²) in [5.74, 6) is 1.25. The van der Waals surface area contributed by atoms with Crippen LogP contribution in [0.1, 0.15) is 0 Å². The fourth-order valence-corrected chi connectivity index (χ4v) is 7.22.